The Labute approximate surface area is 515 Å². The minimum Gasteiger partial charge on any atom is -0.321 e. The van der Waals surface area contributed by atoms with E-state index in [0.717, 1.165) is 112 Å². The summed E-state index contributed by atoms with van der Waals surface area (Å²) >= 11 is 0. The Morgan fingerprint density at radius 2 is 0.629 bits per heavy atom. The van der Waals surface area contributed by atoms with Crippen LogP contribution in [0.3, 0.4) is 0 Å². The number of carbonyl (C=O) groups excluding carboxylic acids is 4. The molecule has 6 bridgehead atoms. The van der Waals surface area contributed by atoms with Crippen LogP contribution in [0.5, 0.6) is 0 Å². The number of hydrogen-bond donors (Lipinski definition) is 0. The van der Waals surface area contributed by atoms with E-state index >= 15 is 0 Å². The maximum atomic E-state index is 13.3. The van der Waals surface area contributed by atoms with E-state index in [1.807, 2.05) is 121 Å². The predicted octanol–water partition coefficient (Wildman–Crippen LogP) is 9.91. The molecule has 0 saturated heterocycles. The fraction of sp³-hybridized carbons (Fsp3) is 0.117. The Hall–Kier alpha value is -11.2. The van der Waals surface area contributed by atoms with Crippen molar-refractivity contribution in [3.8, 4) is 0 Å². The molecule has 6 aromatic heterocycles. The fourth-order valence-electron chi connectivity index (χ4n) is 13.2. The van der Waals surface area contributed by atoms with Gasteiger partial charge in [-0.15, -0.1) is 0 Å². The van der Waals surface area contributed by atoms with Gasteiger partial charge in [0.15, 0.2) is 74.1 Å². The fourth-order valence-corrected chi connectivity index (χ4v) is 13.2. The number of rotatable bonds is 16. The number of nitrogens with zero attached hydrogens (tertiary/aromatic N) is 8. The van der Waals surface area contributed by atoms with E-state index < -0.39 is 0 Å². The largest absolute Gasteiger partial charge is 0.321 e. The third-order valence-electron chi connectivity index (χ3n) is 17.3. The molecule has 0 unspecified atom stereocenters. The summed E-state index contributed by atoms with van der Waals surface area (Å²) in [7, 11) is 0. The number of allylic oxidation sites excluding steroid dienone is 4. The van der Waals surface area contributed by atoms with Crippen molar-refractivity contribution in [1.29, 1.82) is 0 Å². The molecule has 12 heteroatoms. The van der Waals surface area contributed by atoms with Gasteiger partial charge in [-0.25, -0.2) is 9.98 Å². The third kappa shape index (κ3) is 10.2. The molecule has 430 valence electrons. The van der Waals surface area contributed by atoms with Crippen LogP contribution in [0.4, 0.5) is 0 Å². The highest BCUT2D eigenvalue weighted by Crippen LogP contribution is 2.38. The second-order valence-electron chi connectivity index (χ2n) is 22.8. The molecule has 12 nitrogen and oxygen atoms in total. The summed E-state index contributed by atoms with van der Waals surface area (Å²) in [5.74, 6) is -0.0370. The lowest BCUT2D eigenvalue weighted by molar-refractivity contribution is -0.690. The van der Waals surface area contributed by atoms with Gasteiger partial charge in [0, 0.05) is 93.0 Å². The minimum absolute atomic E-state index is 0.00925. The van der Waals surface area contributed by atoms with Gasteiger partial charge in [0.05, 0.1) is 67.2 Å². The maximum absolute atomic E-state index is 13.3. The molecule has 0 saturated carbocycles. The van der Waals surface area contributed by atoms with Crippen LogP contribution in [0.15, 0.2) is 265 Å². The SMILES string of the molecule is CC(=O)c1ccccc1C[n+]1ccccc1C1=C2C=CC(=N2)C(c2cccc[n+]2Cc2ccccc2C(C)=O)=c2ccc3n2Cn2c1ccc2C(c1cccc[n+]1Cc1ccccc1C(C)=O)=C1C=CC(=N1)C=3c1cccc[n+]1Cc1ccccc1C(C)=O. The van der Waals surface area contributed by atoms with Gasteiger partial charge < -0.3 is 9.13 Å². The summed E-state index contributed by atoms with van der Waals surface area (Å²) in [5, 5.41) is 1.78. The highest BCUT2D eigenvalue weighted by Gasteiger charge is 2.36. The van der Waals surface area contributed by atoms with E-state index in [4.69, 9.17) is 9.98 Å². The molecule has 4 aliphatic heterocycles. The second kappa shape index (κ2) is 23.2. The quantitative estimate of drug-likeness (QED) is 0.0708. The molecule has 0 atom stereocenters. The summed E-state index contributed by atoms with van der Waals surface area (Å²) in [4.78, 5) is 64.7. The Morgan fingerprint density at radius 1 is 0.337 bits per heavy atom. The van der Waals surface area contributed by atoms with E-state index in [1.165, 1.54) is 0 Å². The molecule has 0 amide bonds. The van der Waals surface area contributed by atoms with Crippen molar-refractivity contribution in [2.24, 2.45) is 9.98 Å². The molecule has 14 rings (SSSR count). The first kappa shape index (κ1) is 55.6. The molecule has 0 fully saturated rings. The number of aliphatic imine (C=N–C) groups is 2. The molecule has 0 aliphatic carbocycles. The number of pyridine rings is 4. The first-order valence-electron chi connectivity index (χ1n) is 30.0. The molecule has 0 spiro atoms. The van der Waals surface area contributed by atoms with Crippen molar-refractivity contribution in [1.82, 2.24) is 9.13 Å². The lowest BCUT2D eigenvalue weighted by Crippen LogP contribution is -2.44. The summed E-state index contributed by atoms with van der Waals surface area (Å²) in [6.07, 6.45) is 16.8. The van der Waals surface area contributed by atoms with E-state index in [2.05, 4.69) is 149 Å². The molecule has 0 N–H and O–H groups in total. The highest BCUT2D eigenvalue weighted by molar-refractivity contribution is 6.31. The summed E-state index contributed by atoms with van der Waals surface area (Å²) in [5.41, 5.74) is 18.0. The number of Topliss-reactive ketones (excluding diaryl/α,β-unsaturated/α-hetero) is 4. The van der Waals surface area contributed by atoms with Crippen LogP contribution in [-0.2, 0) is 32.8 Å². The van der Waals surface area contributed by atoms with Crippen LogP contribution in [0, 0.1) is 0 Å². The molecule has 10 aromatic rings. The number of aromatic nitrogens is 6. The third-order valence-corrected chi connectivity index (χ3v) is 17.3. The smallest absolute Gasteiger partial charge is 0.217 e. The normalized spacial score (nSPS) is 13.8. The number of ketones is 4. The standard InChI is InChI=1S/C77H62N8O4/c1-50(86)58-25-9-5-21-54(58)45-80-41-17-13-29-66(80)74-62-33-34-63(78-62)75(67-30-14-18-42-81(67)46-55-22-6-10-26-59(55)51(2)87)72-39-40-73-77(69-32-16-20-44-83(69)48-57-24-8-12-28-61(57)53(4)89)65-36-35-64(79-65)76(71-38-37-70(74)84(71)49-85(72)73)68-31-15-19-43-82(68)47-56-23-7-11-27-60(56)52(3)88/h5-44H,45-49H2,1-4H3/q+4. The van der Waals surface area contributed by atoms with Crippen molar-refractivity contribution in [3.63, 3.8) is 0 Å². The van der Waals surface area contributed by atoms with Gasteiger partial charge in [0.25, 0.3) is 0 Å². The Kier molecular flexibility index (Phi) is 14.5. The summed E-state index contributed by atoms with van der Waals surface area (Å²) < 4.78 is 13.7. The zero-order valence-electron chi connectivity index (χ0n) is 49.8. The lowest BCUT2D eigenvalue weighted by Gasteiger charge is -2.21. The number of carbonyl (C=O) groups is 4. The zero-order chi connectivity index (χ0) is 60.9. The van der Waals surface area contributed by atoms with E-state index in [-0.39, 0.29) is 29.8 Å². The van der Waals surface area contributed by atoms with Gasteiger partial charge in [-0.1, -0.05) is 97.1 Å². The zero-order valence-corrected chi connectivity index (χ0v) is 49.8. The average molecular weight is 1160 g/mol. The van der Waals surface area contributed by atoms with Crippen molar-refractivity contribution in [3.05, 3.63) is 344 Å². The first-order chi connectivity index (χ1) is 43.5. The number of benzene rings is 4. The van der Waals surface area contributed by atoms with Crippen molar-refractivity contribution < 1.29 is 37.4 Å². The summed E-state index contributed by atoms with van der Waals surface area (Å²) in [6.45, 7) is 8.37. The molecule has 4 aromatic carbocycles. The van der Waals surface area contributed by atoms with E-state index in [1.54, 1.807) is 27.7 Å². The average Bonchev–Trinajstić information content (AvgIpc) is 1.67. The van der Waals surface area contributed by atoms with Crippen LogP contribution in [0.25, 0.3) is 22.3 Å². The Morgan fingerprint density at radius 3 is 0.944 bits per heavy atom. The van der Waals surface area contributed by atoms with E-state index in [0.29, 0.717) is 48.4 Å². The van der Waals surface area contributed by atoms with Gasteiger partial charge in [0.1, 0.15) is 6.67 Å². The van der Waals surface area contributed by atoms with E-state index in [9.17, 15) is 19.2 Å². The van der Waals surface area contributed by atoms with Gasteiger partial charge in [-0.2, -0.15) is 18.3 Å². The van der Waals surface area contributed by atoms with Crippen LogP contribution in [0.2, 0.25) is 0 Å². The lowest BCUT2D eigenvalue weighted by atomic mass is 10.0. The number of hydrogen-bond acceptors (Lipinski definition) is 6. The Balaban J connectivity index is 1.11. The molecule has 10 heterocycles. The van der Waals surface area contributed by atoms with Gasteiger partial charge in [0.2, 0.25) is 22.8 Å². The summed E-state index contributed by atoms with van der Waals surface area (Å²) in [6, 6.07) is 64.9. The van der Waals surface area contributed by atoms with Crippen LogP contribution in [0.1, 0.15) is 126 Å². The number of fused-ring (bicyclic) bond motifs is 2. The predicted molar refractivity (Wildman–Crippen MR) is 342 cm³/mol. The Bertz CT molecular complexity index is 4710. The van der Waals surface area contributed by atoms with Gasteiger partial charge in [-0.05, 0) is 101 Å². The van der Waals surface area contributed by atoms with Gasteiger partial charge in [-0.3, -0.25) is 19.2 Å². The molecule has 0 radical (unpaired) electrons. The molecular formula is C77H62N8O4+4. The maximum Gasteiger partial charge on any atom is 0.217 e. The highest BCUT2D eigenvalue weighted by atomic mass is 16.1. The monoisotopic (exact) mass is 1160 g/mol. The van der Waals surface area contributed by atoms with Gasteiger partial charge >= 0.3 is 0 Å². The van der Waals surface area contributed by atoms with Crippen LogP contribution in [-0.4, -0.2) is 43.7 Å². The van der Waals surface area contributed by atoms with Crippen molar-refractivity contribution >= 4 is 56.8 Å². The van der Waals surface area contributed by atoms with Crippen LogP contribution >= 0.6 is 0 Å². The molecule has 89 heavy (non-hydrogen) atoms. The topological polar surface area (TPSA) is 118 Å². The minimum atomic E-state index is -0.00925. The van der Waals surface area contributed by atoms with Crippen molar-refractivity contribution in [2.45, 2.75) is 60.5 Å². The second-order valence-corrected chi connectivity index (χ2v) is 22.8. The molecular weight excluding hydrogens is 1100 g/mol. The van der Waals surface area contributed by atoms with Crippen LogP contribution < -0.4 is 29.0 Å². The van der Waals surface area contributed by atoms with Crippen molar-refractivity contribution in [2.75, 3.05) is 0 Å². The molecule has 4 aliphatic rings. The first-order valence-corrected chi connectivity index (χ1v) is 30.0.